The molecule has 0 radical (unpaired) electrons. The Hall–Kier alpha value is -1.01. The van der Waals surface area contributed by atoms with E-state index in [4.69, 9.17) is 12.2 Å². The number of amides is 1. The van der Waals surface area contributed by atoms with Crippen LogP contribution >= 0.6 is 0 Å². The van der Waals surface area contributed by atoms with Gasteiger partial charge in [-0.25, -0.2) is 0 Å². The van der Waals surface area contributed by atoms with Gasteiger partial charge in [0.1, 0.15) is 0 Å². The molecule has 3 unspecified atom stereocenters. The van der Waals surface area contributed by atoms with Crippen LogP contribution in [0.3, 0.4) is 0 Å². The molecule has 1 fully saturated rings. The van der Waals surface area contributed by atoms with Crippen LogP contribution in [0, 0.1) is 29.6 Å². The second-order valence-electron chi connectivity index (χ2n) is 5.80. The lowest BCUT2D eigenvalue weighted by Gasteiger charge is -2.46. The molecule has 3 atom stereocenters. The maximum Gasteiger partial charge on any atom is 0.226 e. The number of nitrogens with zero attached hydrogens (tertiary/aromatic N) is 1. The van der Waals surface area contributed by atoms with Crippen LogP contribution in [0.5, 0.6) is 0 Å². The first kappa shape index (κ1) is 14.1. The van der Waals surface area contributed by atoms with Crippen molar-refractivity contribution in [3.63, 3.8) is 0 Å². The van der Waals surface area contributed by atoms with E-state index in [1.54, 1.807) is 11.9 Å². The largest absolute Gasteiger partial charge is 0.334 e. The molecule has 0 aromatic carbocycles. The lowest BCUT2D eigenvalue weighted by Crippen LogP contribution is -2.51. The van der Waals surface area contributed by atoms with E-state index in [0.717, 1.165) is 12.8 Å². The fourth-order valence-electron chi connectivity index (χ4n) is 2.77. The summed E-state index contributed by atoms with van der Waals surface area (Å²) >= 11 is 0. The first-order chi connectivity index (χ1) is 7.82. The molecule has 0 heterocycles. The molecular formula is C14H24N2O. The summed E-state index contributed by atoms with van der Waals surface area (Å²) in [6.07, 6.45) is 7.04. The van der Waals surface area contributed by atoms with Crippen molar-refractivity contribution in [3.05, 3.63) is 0 Å². The SMILES string of the molecule is C#CCN(C)C(=O)C1CCC(N)C(C)C1(C)C. The van der Waals surface area contributed by atoms with Gasteiger partial charge in [0.05, 0.1) is 6.54 Å². The molecule has 1 amide bonds. The van der Waals surface area contributed by atoms with Crippen LogP contribution in [-0.4, -0.2) is 30.4 Å². The minimum atomic E-state index is -0.0579. The summed E-state index contributed by atoms with van der Waals surface area (Å²) in [5, 5.41) is 0. The summed E-state index contributed by atoms with van der Waals surface area (Å²) in [6, 6.07) is 0.201. The molecule has 2 N–H and O–H groups in total. The minimum absolute atomic E-state index is 0.0376. The average Bonchev–Trinajstić information content (AvgIpc) is 2.26. The van der Waals surface area contributed by atoms with Crippen molar-refractivity contribution in [1.82, 2.24) is 4.90 Å². The molecule has 3 nitrogen and oxygen atoms in total. The Bertz CT molecular complexity index is 330. The van der Waals surface area contributed by atoms with E-state index in [2.05, 4.69) is 26.7 Å². The second kappa shape index (κ2) is 5.10. The molecule has 3 heteroatoms. The number of terminal acetylenes is 1. The normalized spacial score (nSPS) is 31.6. The third kappa shape index (κ3) is 2.63. The van der Waals surface area contributed by atoms with Gasteiger partial charge in [-0.15, -0.1) is 6.42 Å². The molecular weight excluding hydrogens is 212 g/mol. The van der Waals surface area contributed by atoms with E-state index in [1.807, 2.05) is 0 Å². The first-order valence-electron chi connectivity index (χ1n) is 6.26. The molecule has 96 valence electrons. The zero-order valence-electron chi connectivity index (χ0n) is 11.4. The maximum atomic E-state index is 12.3. The first-order valence-corrected chi connectivity index (χ1v) is 6.26. The predicted molar refractivity (Wildman–Crippen MR) is 70.1 cm³/mol. The third-order valence-corrected chi connectivity index (χ3v) is 4.51. The highest BCUT2D eigenvalue weighted by molar-refractivity contribution is 5.79. The highest BCUT2D eigenvalue weighted by Crippen LogP contribution is 2.44. The van der Waals surface area contributed by atoms with Gasteiger partial charge < -0.3 is 10.6 Å². The fourth-order valence-corrected chi connectivity index (χ4v) is 2.77. The third-order valence-electron chi connectivity index (χ3n) is 4.51. The summed E-state index contributed by atoms with van der Waals surface area (Å²) in [4.78, 5) is 14.0. The second-order valence-corrected chi connectivity index (χ2v) is 5.80. The van der Waals surface area contributed by atoms with E-state index in [1.165, 1.54) is 0 Å². The summed E-state index contributed by atoms with van der Waals surface area (Å²) in [5.74, 6) is 3.06. The van der Waals surface area contributed by atoms with Gasteiger partial charge in [-0.05, 0) is 24.2 Å². The van der Waals surface area contributed by atoms with Crippen molar-refractivity contribution < 1.29 is 4.79 Å². The van der Waals surface area contributed by atoms with Crippen LogP contribution in [0.1, 0.15) is 33.6 Å². The van der Waals surface area contributed by atoms with Crippen LogP contribution < -0.4 is 5.73 Å². The average molecular weight is 236 g/mol. The Balaban J connectivity index is 2.84. The van der Waals surface area contributed by atoms with Gasteiger partial charge >= 0.3 is 0 Å². The van der Waals surface area contributed by atoms with E-state index in [-0.39, 0.29) is 23.3 Å². The van der Waals surface area contributed by atoms with Crippen molar-refractivity contribution in [2.75, 3.05) is 13.6 Å². The Morgan fingerprint density at radius 3 is 2.65 bits per heavy atom. The van der Waals surface area contributed by atoms with E-state index in [0.29, 0.717) is 12.5 Å². The highest BCUT2D eigenvalue weighted by Gasteiger charge is 2.45. The number of nitrogens with two attached hydrogens (primary N) is 1. The molecule has 1 saturated carbocycles. The van der Waals surface area contributed by atoms with E-state index in [9.17, 15) is 4.79 Å². The quantitative estimate of drug-likeness (QED) is 0.738. The number of rotatable bonds is 2. The highest BCUT2D eigenvalue weighted by atomic mass is 16.2. The maximum absolute atomic E-state index is 12.3. The molecule has 0 aromatic heterocycles. The van der Waals surface area contributed by atoms with Gasteiger partial charge in [-0.1, -0.05) is 26.7 Å². The number of hydrogen-bond donors (Lipinski definition) is 1. The molecule has 1 rings (SSSR count). The van der Waals surface area contributed by atoms with Gasteiger partial charge in [0.15, 0.2) is 0 Å². The van der Waals surface area contributed by atoms with Crippen LogP contribution in [-0.2, 0) is 4.79 Å². The van der Waals surface area contributed by atoms with Crippen molar-refractivity contribution in [2.24, 2.45) is 23.0 Å². The minimum Gasteiger partial charge on any atom is -0.334 e. The van der Waals surface area contributed by atoms with Crippen LogP contribution in [0.4, 0.5) is 0 Å². The van der Waals surface area contributed by atoms with Crippen molar-refractivity contribution >= 4 is 5.91 Å². The van der Waals surface area contributed by atoms with Gasteiger partial charge in [0.25, 0.3) is 0 Å². The monoisotopic (exact) mass is 236 g/mol. The molecule has 0 spiro atoms. The van der Waals surface area contributed by atoms with E-state index < -0.39 is 0 Å². The Morgan fingerprint density at radius 2 is 2.12 bits per heavy atom. The van der Waals surface area contributed by atoms with Gasteiger partial charge in [-0.3, -0.25) is 4.79 Å². The summed E-state index contributed by atoms with van der Waals surface area (Å²) in [5.41, 5.74) is 6.04. The molecule has 0 aromatic rings. The predicted octanol–water partition coefficient (Wildman–Crippen LogP) is 1.48. The van der Waals surface area contributed by atoms with Crippen molar-refractivity contribution in [2.45, 2.75) is 39.7 Å². The van der Waals surface area contributed by atoms with Crippen LogP contribution in [0.2, 0.25) is 0 Å². The lowest BCUT2D eigenvalue weighted by molar-refractivity contribution is -0.141. The van der Waals surface area contributed by atoms with Gasteiger partial charge in [0.2, 0.25) is 5.91 Å². The molecule has 0 bridgehead atoms. The lowest BCUT2D eigenvalue weighted by atomic mass is 9.61. The Morgan fingerprint density at radius 1 is 1.53 bits per heavy atom. The zero-order chi connectivity index (χ0) is 13.2. The van der Waals surface area contributed by atoms with E-state index >= 15 is 0 Å². The Kier molecular flexibility index (Phi) is 4.21. The van der Waals surface area contributed by atoms with Crippen LogP contribution in [0.25, 0.3) is 0 Å². The summed E-state index contributed by atoms with van der Waals surface area (Å²) < 4.78 is 0. The van der Waals surface area contributed by atoms with Crippen molar-refractivity contribution in [3.8, 4) is 12.3 Å². The number of carbonyl (C=O) groups excluding carboxylic acids is 1. The number of hydrogen-bond acceptors (Lipinski definition) is 2. The molecule has 1 aliphatic carbocycles. The smallest absolute Gasteiger partial charge is 0.226 e. The summed E-state index contributed by atoms with van der Waals surface area (Å²) in [6.45, 7) is 6.81. The molecule has 1 aliphatic rings. The molecule has 0 aliphatic heterocycles. The zero-order valence-corrected chi connectivity index (χ0v) is 11.4. The topological polar surface area (TPSA) is 46.3 Å². The Labute approximate surface area is 105 Å². The van der Waals surface area contributed by atoms with Crippen molar-refractivity contribution in [1.29, 1.82) is 0 Å². The molecule has 0 saturated heterocycles. The summed E-state index contributed by atoms with van der Waals surface area (Å²) in [7, 11) is 1.78. The van der Waals surface area contributed by atoms with Crippen LogP contribution in [0.15, 0.2) is 0 Å². The molecule has 17 heavy (non-hydrogen) atoms. The standard InChI is InChI=1S/C14H24N2O/c1-6-9-16(5)13(17)11-7-8-12(15)10(2)14(11,3)4/h1,10-12H,7-9,15H2,2-5H3. The fraction of sp³-hybridized carbons (Fsp3) is 0.786. The van der Waals surface area contributed by atoms with Gasteiger partial charge in [0, 0.05) is 19.0 Å². The number of carbonyl (C=O) groups is 1. The van der Waals surface area contributed by atoms with Gasteiger partial charge in [-0.2, -0.15) is 0 Å².